The highest BCUT2D eigenvalue weighted by molar-refractivity contribution is 5.92. The highest BCUT2D eigenvalue weighted by atomic mass is 16.3. The van der Waals surface area contributed by atoms with E-state index in [-0.39, 0.29) is 12.5 Å². The highest BCUT2D eigenvalue weighted by Crippen LogP contribution is 2.11. The van der Waals surface area contributed by atoms with E-state index >= 15 is 0 Å². The molecule has 0 saturated heterocycles. The number of aliphatic hydroxyl groups is 1. The van der Waals surface area contributed by atoms with E-state index in [1.54, 1.807) is 24.3 Å². The zero-order chi connectivity index (χ0) is 9.68. The van der Waals surface area contributed by atoms with E-state index in [1.165, 1.54) is 0 Å². The van der Waals surface area contributed by atoms with Crippen LogP contribution in [0.4, 0.5) is 5.69 Å². The lowest BCUT2D eigenvalue weighted by molar-refractivity contribution is -0.118. The van der Waals surface area contributed by atoms with E-state index < -0.39 is 0 Å². The lowest BCUT2D eigenvalue weighted by Gasteiger charge is -2.14. The van der Waals surface area contributed by atoms with Crippen molar-refractivity contribution in [2.24, 2.45) is 0 Å². The number of carbonyl (C=O) groups is 1. The van der Waals surface area contributed by atoms with Gasteiger partial charge < -0.3 is 15.0 Å². The SMILES string of the molecule is CN(C(=O)CCCO)c1cc[nH]c1. The molecule has 0 atom stereocenters. The topological polar surface area (TPSA) is 56.3 Å². The summed E-state index contributed by atoms with van der Waals surface area (Å²) in [5, 5.41) is 8.55. The maximum absolute atomic E-state index is 11.4. The Morgan fingerprint density at radius 1 is 1.69 bits per heavy atom. The number of amides is 1. The Morgan fingerprint density at radius 3 is 3.00 bits per heavy atom. The molecule has 0 radical (unpaired) electrons. The number of carbonyl (C=O) groups excluding carboxylic acids is 1. The van der Waals surface area contributed by atoms with Gasteiger partial charge in [-0.15, -0.1) is 0 Å². The molecule has 0 aromatic carbocycles. The van der Waals surface area contributed by atoms with Crippen LogP contribution in [0.5, 0.6) is 0 Å². The first-order chi connectivity index (χ1) is 6.25. The second-order valence-electron chi connectivity index (χ2n) is 2.85. The number of aromatic nitrogens is 1. The molecule has 0 aliphatic heterocycles. The van der Waals surface area contributed by atoms with E-state index in [9.17, 15) is 4.79 Å². The standard InChI is InChI=1S/C9H14N2O2/c1-11(8-4-5-10-7-8)9(13)3-2-6-12/h4-5,7,10,12H,2-3,6H2,1H3. The number of aromatic amines is 1. The Kier molecular flexibility index (Phi) is 3.52. The van der Waals surface area contributed by atoms with Crippen LogP contribution in [0.15, 0.2) is 18.5 Å². The van der Waals surface area contributed by atoms with E-state index in [0.29, 0.717) is 12.8 Å². The van der Waals surface area contributed by atoms with Gasteiger partial charge in [0.05, 0.1) is 5.69 Å². The maximum atomic E-state index is 11.4. The summed E-state index contributed by atoms with van der Waals surface area (Å²) in [6, 6.07) is 1.83. The number of rotatable bonds is 4. The monoisotopic (exact) mass is 182 g/mol. The fraction of sp³-hybridized carbons (Fsp3) is 0.444. The molecule has 72 valence electrons. The minimum absolute atomic E-state index is 0.0219. The van der Waals surface area contributed by atoms with Gasteiger partial charge in [0.15, 0.2) is 0 Å². The van der Waals surface area contributed by atoms with Crippen molar-refractivity contribution in [2.45, 2.75) is 12.8 Å². The summed E-state index contributed by atoms with van der Waals surface area (Å²) in [6.45, 7) is 0.0622. The number of nitrogens with zero attached hydrogens (tertiary/aromatic N) is 1. The molecule has 0 saturated carbocycles. The van der Waals surface area contributed by atoms with Gasteiger partial charge in [-0.1, -0.05) is 0 Å². The molecule has 0 unspecified atom stereocenters. The van der Waals surface area contributed by atoms with Gasteiger partial charge >= 0.3 is 0 Å². The Hall–Kier alpha value is -1.29. The molecule has 1 amide bonds. The minimum atomic E-state index is 0.0219. The number of hydrogen-bond donors (Lipinski definition) is 2. The van der Waals surface area contributed by atoms with Gasteiger partial charge in [-0.3, -0.25) is 4.79 Å². The first-order valence-electron chi connectivity index (χ1n) is 4.26. The van der Waals surface area contributed by atoms with Crippen molar-refractivity contribution in [2.75, 3.05) is 18.6 Å². The Balaban J connectivity index is 2.48. The fourth-order valence-electron chi connectivity index (χ4n) is 1.07. The predicted molar refractivity (Wildman–Crippen MR) is 50.5 cm³/mol. The molecule has 4 heteroatoms. The van der Waals surface area contributed by atoms with Crippen molar-refractivity contribution in [1.82, 2.24) is 4.98 Å². The van der Waals surface area contributed by atoms with Gasteiger partial charge in [-0.05, 0) is 12.5 Å². The maximum Gasteiger partial charge on any atom is 0.226 e. The lowest BCUT2D eigenvalue weighted by atomic mass is 10.3. The minimum Gasteiger partial charge on any atom is -0.396 e. The molecule has 1 aromatic rings. The van der Waals surface area contributed by atoms with E-state index in [2.05, 4.69) is 4.98 Å². The Morgan fingerprint density at radius 2 is 2.46 bits per heavy atom. The molecule has 0 spiro atoms. The molecule has 0 aliphatic rings. The molecule has 1 aromatic heterocycles. The second-order valence-corrected chi connectivity index (χ2v) is 2.85. The van der Waals surface area contributed by atoms with Crippen LogP contribution >= 0.6 is 0 Å². The fourth-order valence-corrected chi connectivity index (χ4v) is 1.07. The van der Waals surface area contributed by atoms with E-state index in [0.717, 1.165) is 5.69 Å². The van der Waals surface area contributed by atoms with Crippen molar-refractivity contribution in [3.8, 4) is 0 Å². The summed E-state index contributed by atoms with van der Waals surface area (Å²) in [6.07, 6.45) is 4.44. The van der Waals surface area contributed by atoms with Crippen molar-refractivity contribution < 1.29 is 9.90 Å². The number of hydrogen-bond acceptors (Lipinski definition) is 2. The lowest BCUT2D eigenvalue weighted by Crippen LogP contribution is -2.25. The smallest absolute Gasteiger partial charge is 0.226 e. The van der Waals surface area contributed by atoms with Gasteiger partial charge in [0.25, 0.3) is 0 Å². The zero-order valence-corrected chi connectivity index (χ0v) is 7.66. The van der Waals surface area contributed by atoms with Crippen LogP contribution < -0.4 is 4.90 Å². The molecule has 13 heavy (non-hydrogen) atoms. The molecular weight excluding hydrogens is 168 g/mol. The number of H-pyrrole nitrogens is 1. The van der Waals surface area contributed by atoms with Crippen LogP contribution in [0.25, 0.3) is 0 Å². The van der Waals surface area contributed by atoms with Gasteiger partial charge in [0, 0.05) is 32.5 Å². The summed E-state index contributed by atoms with van der Waals surface area (Å²) in [5.41, 5.74) is 0.850. The van der Waals surface area contributed by atoms with Crippen molar-refractivity contribution in [3.63, 3.8) is 0 Å². The number of anilines is 1. The third-order valence-corrected chi connectivity index (χ3v) is 1.89. The quantitative estimate of drug-likeness (QED) is 0.722. The van der Waals surface area contributed by atoms with E-state index in [4.69, 9.17) is 5.11 Å². The number of nitrogens with one attached hydrogen (secondary N) is 1. The normalized spacial score (nSPS) is 10.0. The average Bonchev–Trinajstić information content (AvgIpc) is 2.65. The Bertz CT molecular complexity index is 257. The van der Waals surface area contributed by atoms with E-state index in [1.807, 2.05) is 6.07 Å². The summed E-state index contributed by atoms with van der Waals surface area (Å²) < 4.78 is 0. The molecule has 1 rings (SSSR count). The van der Waals surface area contributed by atoms with Crippen LogP contribution in [-0.2, 0) is 4.79 Å². The van der Waals surface area contributed by atoms with Crippen LogP contribution in [0.2, 0.25) is 0 Å². The number of aliphatic hydroxyl groups excluding tert-OH is 1. The van der Waals surface area contributed by atoms with Crippen LogP contribution in [0.3, 0.4) is 0 Å². The van der Waals surface area contributed by atoms with Crippen molar-refractivity contribution in [3.05, 3.63) is 18.5 Å². The molecule has 4 nitrogen and oxygen atoms in total. The molecule has 0 aliphatic carbocycles. The zero-order valence-electron chi connectivity index (χ0n) is 7.66. The third kappa shape index (κ3) is 2.59. The van der Waals surface area contributed by atoms with Gasteiger partial charge in [-0.2, -0.15) is 0 Å². The van der Waals surface area contributed by atoms with Crippen LogP contribution in [0, 0.1) is 0 Å². The molecule has 1 heterocycles. The van der Waals surface area contributed by atoms with Crippen molar-refractivity contribution in [1.29, 1.82) is 0 Å². The average molecular weight is 182 g/mol. The molecular formula is C9H14N2O2. The first-order valence-corrected chi connectivity index (χ1v) is 4.26. The molecule has 2 N–H and O–H groups in total. The first kappa shape index (κ1) is 9.80. The summed E-state index contributed by atoms with van der Waals surface area (Å²) in [4.78, 5) is 15.9. The van der Waals surface area contributed by atoms with Gasteiger partial charge in [0.2, 0.25) is 5.91 Å². The Labute approximate surface area is 77.2 Å². The second kappa shape index (κ2) is 4.67. The summed E-state index contributed by atoms with van der Waals surface area (Å²) in [7, 11) is 1.73. The third-order valence-electron chi connectivity index (χ3n) is 1.89. The summed E-state index contributed by atoms with van der Waals surface area (Å²) in [5.74, 6) is 0.0219. The van der Waals surface area contributed by atoms with Gasteiger partial charge in [0.1, 0.15) is 0 Å². The summed E-state index contributed by atoms with van der Waals surface area (Å²) >= 11 is 0. The van der Waals surface area contributed by atoms with Crippen molar-refractivity contribution >= 4 is 11.6 Å². The van der Waals surface area contributed by atoms with Crippen LogP contribution in [0.1, 0.15) is 12.8 Å². The molecule has 0 bridgehead atoms. The van der Waals surface area contributed by atoms with Crippen LogP contribution in [-0.4, -0.2) is 29.7 Å². The molecule has 0 fully saturated rings. The predicted octanol–water partition coefficient (Wildman–Crippen LogP) is 0.750. The largest absolute Gasteiger partial charge is 0.396 e. The highest BCUT2D eigenvalue weighted by Gasteiger charge is 2.09. The van der Waals surface area contributed by atoms with Gasteiger partial charge in [-0.25, -0.2) is 0 Å².